The molecule has 0 N–H and O–H groups in total. The van der Waals surface area contributed by atoms with Crippen molar-refractivity contribution in [1.29, 1.82) is 0 Å². The van der Waals surface area contributed by atoms with E-state index in [2.05, 4.69) is 43.9 Å². The van der Waals surface area contributed by atoms with Gasteiger partial charge in [-0.25, -0.2) is 0 Å². The van der Waals surface area contributed by atoms with Crippen LogP contribution in [0.2, 0.25) is 0 Å². The Labute approximate surface area is 127 Å². The van der Waals surface area contributed by atoms with Crippen LogP contribution in [-0.4, -0.2) is 0 Å². The lowest BCUT2D eigenvalue weighted by molar-refractivity contribution is 0.637. The summed E-state index contributed by atoms with van der Waals surface area (Å²) < 4.78 is 0. The topological polar surface area (TPSA) is 0 Å². The first-order valence-electron chi connectivity index (χ1n) is 8.49. The molecule has 0 spiro atoms. The van der Waals surface area contributed by atoms with Gasteiger partial charge in [0.25, 0.3) is 0 Å². The number of rotatable bonds is 14. The van der Waals surface area contributed by atoms with Crippen molar-refractivity contribution in [1.82, 2.24) is 0 Å². The molecule has 0 aliphatic rings. The number of unbranched alkanes of at least 4 members (excludes halogenated alkanes) is 8. The smallest absolute Gasteiger partial charge is 0.0316 e. The average molecular weight is 274 g/mol. The van der Waals surface area contributed by atoms with Crippen LogP contribution in [0.25, 0.3) is 0 Å². The lowest BCUT2D eigenvalue weighted by Crippen LogP contribution is -1.76. The summed E-state index contributed by atoms with van der Waals surface area (Å²) in [7, 11) is 0. The molecule has 0 radical (unpaired) electrons. The summed E-state index contributed by atoms with van der Waals surface area (Å²) in [6, 6.07) is 0. The fourth-order valence-corrected chi connectivity index (χ4v) is 2.08. The first-order valence-corrected chi connectivity index (χ1v) is 8.49. The first kappa shape index (κ1) is 19.0. The van der Waals surface area contributed by atoms with Gasteiger partial charge in [-0.1, -0.05) is 81.7 Å². The molecule has 0 aromatic rings. The van der Waals surface area contributed by atoms with E-state index in [9.17, 15) is 0 Å². The minimum Gasteiger partial charge on any atom is -0.0991 e. The summed E-state index contributed by atoms with van der Waals surface area (Å²) in [5, 5.41) is 0. The van der Waals surface area contributed by atoms with Gasteiger partial charge in [-0.2, -0.15) is 0 Å². The second-order valence-electron chi connectivity index (χ2n) is 5.32. The largest absolute Gasteiger partial charge is 0.0991 e. The zero-order chi connectivity index (χ0) is 14.7. The molecule has 0 aliphatic heterocycles. The lowest BCUT2D eigenvalue weighted by atomic mass is 10.1. The van der Waals surface area contributed by atoms with Gasteiger partial charge in [0.05, 0.1) is 0 Å². The number of allylic oxidation sites excluding steroid dienone is 7. The number of hydrogen-bond donors (Lipinski definition) is 0. The quantitative estimate of drug-likeness (QED) is 0.179. The summed E-state index contributed by atoms with van der Waals surface area (Å²) >= 11 is 0. The van der Waals surface area contributed by atoms with Crippen LogP contribution in [-0.2, 0) is 0 Å². The van der Waals surface area contributed by atoms with Gasteiger partial charge >= 0.3 is 0 Å². The first-order chi connectivity index (χ1) is 9.91. The van der Waals surface area contributed by atoms with E-state index in [1.807, 2.05) is 12.2 Å². The molecule has 0 aromatic heterocycles. The van der Waals surface area contributed by atoms with E-state index < -0.39 is 0 Å². The van der Waals surface area contributed by atoms with Crippen LogP contribution < -0.4 is 0 Å². The van der Waals surface area contributed by atoms with E-state index >= 15 is 0 Å². The highest BCUT2D eigenvalue weighted by molar-refractivity contribution is 4.97. The maximum absolute atomic E-state index is 3.66. The second-order valence-corrected chi connectivity index (χ2v) is 5.32. The Hall–Kier alpha value is -1.04. The predicted molar refractivity (Wildman–Crippen MR) is 94.1 cm³/mol. The van der Waals surface area contributed by atoms with Crippen molar-refractivity contribution in [2.45, 2.75) is 77.6 Å². The molecule has 0 saturated carbocycles. The summed E-state index contributed by atoms with van der Waals surface area (Å²) in [5.41, 5.74) is 0. The van der Waals surface area contributed by atoms with E-state index in [-0.39, 0.29) is 0 Å². The molecule has 0 amide bonds. The molecule has 0 nitrogen and oxygen atoms in total. The summed E-state index contributed by atoms with van der Waals surface area (Å²) in [5.74, 6) is 0. The molecule has 0 saturated heterocycles. The zero-order valence-corrected chi connectivity index (χ0v) is 13.5. The fraction of sp³-hybridized carbons (Fsp3) is 0.600. The highest BCUT2D eigenvalue weighted by atomic mass is 13.9. The molecule has 0 unspecified atom stereocenters. The van der Waals surface area contributed by atoms with Crippen LogP contribution in [0.4, 0.5) is 0 Å². The van der Waals surface area contributed by atoms with Gasteiger partial charge in [0, 0.05) is 0 Å². The highest BCUT2D eigenvalue weighted by Gasteiger charge is 1.86. The van der Waals surface area contributed by atoms with Gasteiger partial charge in [-0.05, 0) is 44.9 Å². The van der Waals surface area contributed by atoms with E-state index in [1.165, 1.54) is 64.2 Å². The Kier molecular flexibility index (Phi) is 17.0. The van der Waals surface area contributed by atoms with Gasteiger partial charge in [-0.15, -0.1) is 0 Å². The van der Waals surface area contributed by atoms with Gasteiger partial charge < -0.3 is 0 Å². The Bertz CT molecular complexity index is 268. The van der Waals surface area contributed by atoms with E-state index in [0.717, 1.165) is 6.42 Å². The average Bonchev–Trinajstić information content (AvgIpc) is 2.47. The molecule has 0 atom stereocenters. The van der Waals surface area contributed by atoms with Crippen molar-refractivity contribution in [3.63, 3.8) is 0 Å². The molecule has 0 heteroatoms. The van der Waals surface area contributed by atoms with Gasteiger partial charge in [0.15, 0.2) is 0 Å². The van der Waals surface area contributed by atoms with Crippen molar-refractivity contribution < 1.29 is 0 Å². The lowest BCUT2D eigenvalue weighted by Gasteiger charge is -1.96. The normalized spacial score (nSPS) is 12.1. The third-order valence-electron chi connectivity index (χ3n) is 3.32. The van der Waals surface area contributed by atoms with Gasteiger partial charge in [0.1, 0.15) is 0 Å². The molecule has 0 heterocycles. The van der Waals surface area contributed by atoms with Crippen molar-refractivity contribution in [2.24, 2.45) is 0 Å². The molecule has 0 rings (SSSR count). The van der Waals surface area contributed by atoms with E-state index in [1.54, 1.807) is 0 Å². The van der Waals surface area contributed by atoms with Crippen molar-refractivity contribution in [2.75, 3.05) is 0 Å². The Morgan fingerprint density at radius 2 is 1.15 bits per heavy atom. The Morgan fingerprint density at radius 3 is 1.80 bits per heavy atom. The minimum absolute atomic E-state index is 1.16. The van der Waals surface area contributed by atoms with Crippen LogP contribution in [0.5, 0.6) is 0 Å². The summed E-state index contributed by atoms with van der Waals surface area (Å²) in [4.78, 5) is 0. The molecule has 0 bridgehead atoms. The van der Waals surface area contributed by atoms with Crippen LogP contribution in [0.15, 0.2) is 49.1 Å². The van der Waals surface area contributed by atoms with Gasteiger partial charge in [-0.3, -0.25) is 0 Å². The molecular weight excluding hydrogens is 240 g/mol. The zero-order valence-electron chi connectivity index (χ0n) is 13.5. The second kappa shape index (κ2) is 18.0. The maximum Gasteiger partial charge on any atom is -0.0316 e. The van der Waals surface area contributed by atoms with Crippen molar-refractivity contribution in [3.8, 4) is 0 Å². The van der Waals surface area contributed by atoms with Crippen molar-refractivity contribution in [3.05, 3.63) is 49.1 Å². The third-order valence-corrected chi connectivity index (χ3v) is 3.32. The van der Waals surface area contributed by atoms with Gasteiger partial charge in [0.2, 0.25) is 0 Å². The predicted octanol–water partition coefficient (Wildman–Crippen LogP) is 7.15. The standard InChI is InChI=1S/C20H34/c1-3-5-7-9-11-13-15-17-19-20-18-16-14-12-10-8-6-4-2/h3,5,7,15-18H,1,4,6,8-14,19-20H2,2H3. The summed E-state index contributed by atoms with van der Waals surface area (Å²) in [6.45, 7) is 5.93. The number of hydrogen-bond acceptors (Lipinski definition) is 0. The fourth-order valence-electron chi connectivity index (χ4n) is 2.08. The van der Waals surface area contributed by atoms with Crippen LogP contribution in [0, 0.1) is 0 Å². The Morgan fingerprint density at radius 1 is 0.600 bits per heavy atom. The SMILES string of the molecule is C=CC=CCCCC=CCCC=CCCCCCCC. The van der Waals surface area contributed by atoms with E-state index in [0.29, 0.717) is 0 Å². The van der Waals surface area contributed by atoms with Crippen LogP contribution >= 0.6 is 0 Å². The Balaban J connectivity index is 3.21. The molecular formula is C20H34. The van der Waals surface area contributed by atoms with E-state index in [4.69, 9.17) is 0 Å². The molecule has 0 aromatic carbocycles. The third kappa shape index (κ3) is 17.0. The molecule has 0 fully saturated rings. The van der Waals surface area contributed by atoms with Crippen molar-refractivity contribution >= 4 is 0 Å². The monoisotopic (exact) mass is 274 g/mol. The summed E-state index contributed by atoms with van der Waals surface area (Å²) in [6.07, 6.45) is 29.6. The minimum atomic E-state index is 1.16. The van der Waals surface area contributed by atoms with Crippen LogP contribution in [0.3, 0.4) is 0 Å². The highest BCUT2D eigenvalue weighted by Crippen LogP contribution is 2.06. The molecule has 0 aliphatic carbocycles. The maximum atomic E-state index is 3.66. The molecule has 114 valence electrons. The van der Waals surface area contributed by atoms with Crippen LogP contribution in [0.1, 0.15) is 77.6 Å². The molecule has 20 heavy (non-hydrogen) atoms.